The van der Waals surface area contributed by atoms with E-state index >= 15 is 0 Å². The van der Waals surface area contributed by atoms with E-state index in [0.29, 0.717) is 16.3 Å². The van der Waals surface area contributed by atoms with Crippen molar-refractivity contribution in [2.24, 2.45) is 0 Å². The number of carbonyl (C=O) groups excluding carboxylic acids is 1. The summed E-state index contributed by atoms with van der Waals surface area (Å²) in [5.74, 6) is -0.470. The number of nitrogens with zero attached hydrogens (tertiary/aromatic N) is 2. The van der Waals surface area contributed by atoms with Gasteiger partial charge in [0.1, 0.15) is 6.61 Å². The number of anilines is 1. The van der Waals surface area contributed by atoms with Gasteiger partial charge in [-0.25, -0.2) is 4.79 Å². The number of halogens is 1. The van der Waals surface area contributed by atoms with Crippen molar-refractivity contribution in [3.8, 4) is 0 Å². The summed E-state index contributed by atoms with van der Waals surface area (Å²) in [6.07, 6.45) is 0.845. The van der Waals surface area contributed by atoms with E-state index in [2.05, 4.69) is 5.10 Å². The number of hydrogen-bond acceptors (Lipinski definition) is 4. The fourth-order valence-corrected chi connectivity index (χ4v) is 2.26. The van der Waals surface area contributed by atoms with Crippen molar-refractivity contribution in [3.05, 3.63) is 46.2 Å². The zero-order valence-electron chi connectivity index (χ0n) is 12.1. The van der Waals surface area contributed by atoms with E-state index in [-0.39, 0.29) is 6.61 Å². The molecule has 0 aliphatic heterocycles. The van der Waals surface area contributed by atoms with Gasteiger partial charge in [-0.3, -0.25) is 4.68 Å². The molecule has 5 nitrogen and oxygen atoms in total. The number of hydrogen-bond donors (Lipinski definition) is 1. The van der Waals surface area contributed by atoms with Crippen molar-refractivity contribution in [3.63, 3.8) is 0 Å². The van der Waals surface area contributed by atoms with Crippen molar-refractivity contribution in [2.75, 3.05) is 5.73 Å². The number of rotatable bonds is 5. The third-order valence-electron chi connectivity index (χ3n) is 3.14. The molecule has 0 atom stereocenters. The van der Waals surface area contributed by atoms with Crippen LogP contribution in [0.5, 0.6) is 0 Å². The molecule has 0 fully saturated rings. The van der Waals surface area contributed by atoms with E-state index in [0.717, 1.165) is 24.4 Å². The Balaban J connectivity index is 2.08. The van der Waals surface area contributed by atoms with Crippen molar-refractivity contribution in [1.82, 2.24) is 9.78 Å². The highest BCUT2D eigenvalue weighted by atomic mass is 35.5. The number of aryl methyl sites for hydroxylation is 2. The molecule has 2 rings (SSSR count). The maximum atomic E-state index is 12.0. The Labute approximate surface area is 128 Å². The molecule has 0 spiro atoms. The van der Waals surface area contributed by atoms with E-state index in [1.807, 2.05) is 24.6 Å². The molecule has 2 aromatic rings. The molecule has 6 heteroatoms. The van der Waals surface area contributed by atoms with Crippen LogP contribution in [0.15, 0.2) is 24.3 Å². The third kappa shape index (κ3) is 3.55. The number of benzene rings is 1. The highest BCUT2D eigenvalue weighted by Gasteiger charge is 2.14. The first kappa shape index (κ1) is 15.4. The molecule has 112 valence electrons. The molecule has 0 amide bonds. The summed E-state index contributed by atoms with van der Waals surface area (Å²) < 4.78 is 7.14. The van der Waals surface area contributed by atoms with Gasteiger partial charge in [-0.05, 0) is 37.6 Å². The van der Waals surface area contributed by atoms with Crippen molar-refractivity contribution in [2.45, 2.75) is 33.4 Å². The van der Waals surface area contributed by atoms with E-state index in [1.54, 1.807) is 12.1 Å². The molecule has 0 aliphatic carbocycles. The summed E-state index contributed by atoms with van der Waals surface area (Å²) in [6, 6.07) is 6.66. The van der Waals surface area contributed by atoms with E-state index in [4.69, 9.17) is 22.1 Å². The molecule has 0 radical (unpaired) electrons. The van der Waals surface area contributed by atoms with Crippen LogP contribution in [0, 0.1) is 0 Å². The summed E-state index contributed by atoms with van der Waals surface area (Å²) in [4.78, 5) is 12.0. The Morgan fingerprint density at radius 2 is 2.14 bits per heavy atom. The topological polar surface area (TPSA) is 70.1 Å². The predicted molar refractivity (Wildman–Crippen MR) is 82.3 cm³/mol. The fraction of sp³-hybridized carbons (Fsp3) is 0.333. The first-order valence-corrected chi connectivity index (χ1v) is 7.20. The number of aromatic nitrogens is 2. The minimum Gasteiger partial charge on any atom is -0.456 e. The van der Waals surface area contributed by atoms with Crippen molar-refractivity contribution >= 4 is 23.3 Å². The Bertz CT molecular complexity index is 652. The Kier molecular flexibility index (Phi) is 4.85. The van der Waals surface area contributed by atoms with Crippen LogP contribution < -0.4 is 5.73 Å². The largest absolute Gasteiger partial charge is 0.456 e. The van der Waals surface area contributed by atoms with E-state index < -0.39 is 5.97 Å². The minimum absolute atomic E-state index is 0.167. The fourth-order valence-electron chi connectivity index (χ4n) is 1.99. The molecule has 1 heterocycles. The van der Waals surface area contributed by atoms with Crippen LogP contribution in [0.3, 0.4) is 0 Å². The lowest BCUT2D eigenvalue weighted by Gasteiger charge is -2.08. The average molecular weight is 308 g/mol. The quantitative estimate of drug-likeness (QED) is 0.681. The average Bonchev–Trinajstić information content (AvgIpc) is 2.87. The number of nitrogens with two attached hydrogens (primary N) is 1. The highest BCUT2D eigenvalue weighted by Crippen LogP contribution is 2.20. The van der Waals surface area contributed by atoms with Crippen molar-refractivity contribution < 1.29 is 9.53 Å². The van der Waals surface area contributed by atoms with Gasteiger partial charge in [-0.2, -0.15) is 5.10 Å². The first-order chi connectivity index (χ1) is 10.0. The lowest BCUT2D eigenvalue weighted by Crippen LogP contribution is -2.10. The van der Waals surface area contributed by atoms with E-state index in [1.165, 1.54) is 6.07 Å². The zero-order valence-corrected chi connectivity index (χ0v) is 12.9. The second-order valence-corrected chi connectivity index (χ2v) is 5.02. The molecule has 0 saturated carbocycles. The monoisotopic (exact) mass is 307 g/mol. The molecule has 0 unspecified atom stereocenters. The standard InChI is InChI=1S/C15H18ClN3O2/c1-3-11-8-12(19(4-2)18-11)9-21-15(20)13-6-5-10(17)7-14(13)16/h5-8H,3-4,9,17H2,1-2H3. The van der Waals surface area contributed by atoms with Gasteiger partial charge < -0.3 is 10.5 Å². The van der Waals surface area contributed by atoms with Gasteiger partial charge in [0.15, 0.2) is 0 Å². The lowest BCUT2D eigenvalue weighted by atomic mass is 10.2. The molecule has 1 aromatic heterocycles. The first-order valence-electron chi connectivity index (χ1n) is 6.82. The summed E-state index contributed by atoms with van der Waals surface area (Å²) in [7, 11) is 0. The molecule has 21 heavy (non-hydrogen) atoms. The minimum atomic E-state index is -0.470. The van der Waals surface area contributed by atoms with Crippen LogP contribution in [-0.4, -0.2) is 15.7 Å². The molecule has 0 aliphatic rings. The third-order valence-corrected chi connectivity index (χ3v) is 3.45. The van der Waals surface area contributed by atoms with Crippen LogP contribution in [-0.2, 0) is 24.3 Å². The summed E-state index contributed by atoms with van der Waals surface area (Å²) >= 11 is 5.99. The Hall–Kier alpha value is -2.01. The van der Waals surface area contributed by atoms with Crippen LogP contribution in [0.2, 0.25) is 5.02 Å². The number of nitrogen functional groups attached to an aromatic ring is 1. The second-order valence-electron chi connectivity index (χ2n) is 4.61. The number of ether oxygens (including phenoxy) is 1. The van der Waals surface area contributed by atoms with Gasteiger partial charge in [0, 0.05) is 12.2 Å². The maximum absolute atomic E-state index is 12.0. The lowest BCUT2D eigenvalue weighted by molar-refractivity contribution is 0.0462. The summed E-state index contributed by atoms with van der Waals surface area (Å²) in [5, 5.41) is 4.70. The van der Waals surface area contributed by atoms with Gasteiger partial charge in [0.05, 0.1) is 22.0 Å². The Morgan fingerprint density at radius 3 is 2.76 bits per heavy atom. The maximum Gasteiger partial charge on any atom is 0.340 e. The van der Waals surface area contributed by atoms with Crippen LogP contribution in [0.25, 0.3) is 0 Å². The SMILES string of the molecule is CCc1cc(COC(=O)c2ccc(N)cc2Cl)n(CC)n1. The smallest absolute Gasteiger partial charge is 0.340 e. The van der Waals surface area contributed by atoms with Crippen LogP contribution >= 0.6 is 11.6 Å². The van der Waals surface area contributed by atoms with Gasteiger partial charge >= 0.3 is 5.97 Å². The van der Waals surface area contributed by atoms with Crippen LogP contribution in [0.1, 0.15) is 35.6 Å². The Morgan fingerprint density at radius 1 is 1.38 bits per heavy atom. The zero-order chi connectivity index (χ0) is 15.4. The van der Waals surface area contributed by atoms with Crippen LogP contribution in [0.4, 0.5) is 5.69 Å². The molecule has 0 bridgehead atoms. The molecule has 0 saturated heterocycles. The summed E-state index contributed by atoms with van der Waals surface area (Å²) in [6.45, 7) is 4.93. The van der Waals surface area contributed by atoms with Gasteiger partial charge in [-0.15, -0.1) is 0 Å². The number of esters is 1. The normalized spacial score (nSPS) is 10.6. The summed E-state index contributed by atoms with van der Waals surface area (Å²) in [5.41, 5.74) is 8.27. The van der Waals surface area contributed by atoms with Gasteiger partial charge in [-0.1, -0.05) is 18.5 Å². The number of carbonyl (C=O) groups is 1. The molecule has 2 N–H and O–H groups in total. The highest BCUT2D eigenvalue weighted by molar-refractivity contribution is 6.33. The molecular formula is C15H18ClN3O2. The second kappa shape index (κ2) is 6.63. The van der Waals surface area contributed by atoms with E-state index in [9.17, 15) is 4.79 Å². The molecule has 1 aromatic carbocycles. The van der Waals surface area contributed by atoms with Gasteiger partial charge in [0.25, 0.3) is 0 Å². The van der Waals surface area contributed by atoms with Gasteiger partial charge in [0.2, 0.25) is 0 Å². The van der Waals surface area contributed by atoms with Crippen molar-refractivity contribution in [1.29, 1.82) is 0 Å². The molecular weight excluding hydrogens is 290 g/mol. The predicted octanol–water partition coefficient (Wildman–Crippen LogP) is 3.06.